The van der Waals surface area contributed by atoms with Crippen molar-refractivity contribution in [1.82, 2.24) is 19.7 Å². The molecular weight excluding hydrogens is 408 g/mol. The van der Waals surface area contributed by atoms with Gasteiger partial charge in [-0.15, -0.1) is 22.7 Å². The third kappa shape index (κ3) is 3.25. The Morgan fingerprint density at radius 3 is 2.66 bits per heavy atom. The zero-order valence-corrected chi connectivity index (χ0v) is 17.1. The summed E-state index contributed by atoms with van der Waals surface area (Å²) in [6.45, 7) is 1.01. The largest absolute Gasteiger partial charge is 0.335 e. The maximum Gasteiger partial charge on any atom is 0.335 e. The van der Waals surface area contributed by atoms with Crippen LogP contribution < -0.4 is 0 Å². The summed E-state index contributed by atoms with van der Waals surface area (Å²) >= 11 is 3.10. The number of carbonyl (C=O) groups is 3. The van der Waals surface area contributed by atoms with Crippen molar-refractivity contribution in [2.24, 2.45) is 0 Å². The van der Waals surface area contributed by atoms with Crippen LogP contribution in [0.2, 0.25) is 0 Å². The van der Waals surface area contributed by atoms with E-state index in [2.05, 4.69) is 4.90 Å². The van der Waals surface area contributed by atoms with E-state index in [-0.39, 0.29) is 19.3 Å². The number of hydrogen-bond acceptors (Lipinski definition) is 7. The normalized spacial score (nSPS) is 20.6. The fraction of sp³-hybridized carbons (Fsp3) is 0.300. The van der Waals surface area contributed by atoms with Gasteiger partial charge >= 0.3 is 17.8 Å². The van der Waals surface area contributed by atoms with E-state index in [1.54, 1.807) is 11.3 Å². The van der Waals surface area contributed by atoms with Gasteiger partial charge in [-0.2, -0.15) is 0 Å². The Hall–Kier alpha value is -2.62. The van der Waals surface area contributed by atoms with Crippen LogP contribution in [0.4, 0.5) is 4.79 Å². The Kier molecular flexibility index (Phi) is 4.65. The predicted octanol–water partition coefficient (Wildman–Crippen LogP) is 3.44. The number of para-hydroxylation sites is 1. The van der Waals surface area contributed by atoms with E-state index in [9.17, 15) is 14.4 Å². The van der Waals surface area contributed by atoms with Crippen LogP contribution in [0.1, 0.15) is 28.8 Å². The maximum atomic E-state index is 12.8. The lowest BCUT2D eigenvalue weighted by Crippen LogP contribution is -2.42. The summed E-state index contributed by atoms with van der Waals surface area (Å²) in [5, 5.41) is 2.87. The van der Waals surface area contributed by atoms with E-state index in [4.69, 9.17) is 4.98 Å². The highest BCUT2D eigenvalue weighted by atomic mass is 32.1. The van der Waals surface area contributed by atoms with Crippen LogP contribution >= 0.6 is 22.7 Å². The van der Waals surface area contributed by atoms with Gasteiger partial charge in [0.05, 0.1) is 29.5 Å². The first-order chi connectivity index (χ1) is 14.1. The van der Waals surface area contributed by atoms with Gasteiger partial charge in [-0.1, -0.05) is 18.2 Å². The monoisotopic (exact) mass is 426 g/mol. The number of carbonyl (C=O) groups excluding carboxylic acids is 3. The minimum absolute atomic E-state index is 0.0504. The van der Waals surface area contributed by atoms with Gasteiger partial charge in [-0.3, -0.25) is 19.4 Å². The molecule has 0 aliphatic carbocycles. The number of hydrogen-bond donors (Lipinski definition) is 0. The Morgan fingerprint density at radius 2 is 1.86 bits per heavy atom. The molecule has 29 heavy (non-hydrogen) atoms. The zero-order valence-electron chi connectivity index (χ0n) is 15.5. The number of likely N-dealkylation sites (tertiary alicyclic amines) is 1. The molecule has 0 radical (unpaired) electrons. The van der Waals surface area contributed by atoms with Crippen molar-refractivity contribution in [2.45, 2.75) is 25.4 Å². The Morgan fingerprint density at radius 1 is 1.03 bits per heavy atom. The van der Waals surface area contributed by atoms with E-state index in [1.165, 1.54) is 11.3 Å². The number of thiophene rings is 1. The van der Waals surface area contributed by atoms with E-state index in [0.717, 1.165) is 49.3 Å². The van der Waals surface area contributed by atoms with Gasteiger partial charge in [0.15, 0.2) is 0 Å². The predicted molar refractivity (Wildman–Crippen MR) is 110 cm³/mol. The average Bonchev–Trinajstić information content (AvgIpc) is 3.50. The minimum atomic E-state index is -0.751. The molecule has 1 unspecified atom stereocenters. The number of benzene rings is 1. The van der Waals surface area contributed by atoms with Gasteiger partial charge in [0, 0.05) is 11.4 Å². The summed E-state index contributed by atoms with van der Waals surface area (Å²) < 4.78 is 1.12. The lowest BCUT2D eigenvalue weighted by Gasteiger charge is -2.26. The standard InChI is InChI=1S/C20H18N4O3S2/c25-18-19(26)24(20(27)23(18)11-13-5-4-10-28-13)12-22-9-3-7-15(22)17-21-14-6-1-2-8-16(14)29-17/h1-2,4-6,8,10,15H,3,7,9,11-12H2. The molecule has 2 saturated heterocycles. The molecule has 1 aromatic carbocycles. The number of thiazole rings is 1. The number of fused-ring (bicyclic) bond motifs is 1. The summed E-state index contributed by atoms with van der Waals surface area (Å²) in [5.41, 5.74) is 0.963. The third-order valence-corrected chi connectivity index (χ3v) is 7.31. The van der Waals surface area contributed by atoms with Gasteiger partial charge in [-0.25, -0.2) is 14.7 Å². The van der Waals surface area contributed by atoms with Crippen LogP contribution in [0.5, 0.6) is 0 Å². The van der Waals surface area contributed by atoms with Gasteiger partial charge in [0.1, 0.15) is 5.01 Å². The van der Waals surface area contributed by atoms with Crippen LogP contribution in [0.15, 0.2) is 41.8 Å². The van der Waals surface area contributed by atoms with Crippen LogP contribution in [0.3, 0.4) is 0 Å². The second kappa shape index (κ2) is 7.33. The lowest BCUT2D eigenvalue weighted by molar-refractivity contribution is -0.144. The molecule has 0 saturated carbocycles. The summed E-state index contributed by atoms with van der Waals surface area (Å²) in [4.78, 5) is 47.5. The highest BCUT2D eigenvalue weighted by molar-refractivity contribution is 7.18. The second-order valence-corrected chi connectivity index (χ2v) is 9.21. The first kappa shape index (κ1) is 18.4. The zero-order chi connectivity index (χ0) is 20.0. The van der Waals surface area contributed by atoms with Crippen LogP contribution in [-0.4, -0.2) is 50.7 Å². The molecule has 1 atom stereocenters. The SMILES string of the molecule is O=C1C(=O)N(CN2CCCC2c2nc3ccccc3s2)C(=O)N1Cc1cccs1. The summed E-state index contributed by atoms with van der Waals surface area (Å²) in [5.74, 6) is -1.50. The van der Waals surface area contributed by atoms with E-state index in [1.807, 2.05) is 41.8 Å². The number of urea groups is 1. The summed E-state index contributed by atoms with van der Waals surface area (Å²) in [6, 6.07) is 11.2. The van der Waals surface area contributed by atoms with Crippen molar-refractivity contribution in [3.05, 3.63) is 51.7 Å². The van der Waals surface area contributed by atoms with E-state index in [0.29, 0.717) is 0 Å². The molecule has 0 spiro atoms. The molecule has 5 rings (SSSR count). The molecule has 9 heteroatoms. The molecular formula is C20H18N4O3S2. The molecule has 4 amide bonds. The topological polar surface area (TPSA) is 73.8 Å². The number of rotatable bonds is 5. The summed E-state index contributed by atoms with van der Waals surface area (Å²) in [7, 11) is 0. The number of nitrogens with zero attached hydrogens (tertiary/aromatic N) is 4. The Labute approximate surface area is 175 Å². The quantitative estimate of drug-likeness (QED) is 0.462. The molecule has 2 aliphatic heterocycles. The van der Waals surface area contributed by atoms with Gasteiger partial charge in [0.25, 0.3) is 0 Å². The minimum Gasteiger partial charge on any atom is -0.276 e. The smallest absolute Gasteiger partial charge is 0.276 e. The van der Waals surface area contributed by atoms with E-state index >= 15 is 0 Å². The Bertz CT molecular complexity index is 1060. The van der Waals surface area contributed by atoms with Crippen LogP contribution in [0.25, 0.3) is 10.2 Å². The number of aromatic nitrogens is 1. The van der Waals surface area contributed by atoms with Crippen molar-refractivity contribution in [3.8, 4) is 0 Å². The van der Waals surface area contributed by atoms with Gasteiger partial charge < -0.3 is 0 Å². The van der Waals surface area contributed by atoms with Gasteiger partial charge in [-0.05, 0) is 36.4 Å². The third-order valence-electron chi connectivity index (χ3n) is 5.31. The molecule has 7 nitrogen and oxygen atoms in total. The molecule has 4 heterocycles. The van der Waals surface area contributed by atoms with Crippen molar-refractivity contribution in [2.75, 3.05) is 13.2 Å². The summed E-state index contributed by atoms with van der Waals surface area (Å²) in [6.07, 6.45) is 1.88. The molecule has 148 valence electrons. The molecule has 2 aliphatic rings. The van der Waals surface area contributed by atoms with Crippen molar-refractivity contribution < 1.29 is 14.4 Å². The fourth-order valence-corrected chi connectivity index (χ4v) is 5.69. The number of imide groups is 2. The first-order valence-electron chi connectivity index (χ1n) is 9.41. The fourth-order valence-electron chi connectivity index (χ4n) is 3.86. The highest BCUT2D eigenvalue weighted by Crippen LogP contribution is 2.36. The van der Waals surface area contributed by atoms with Crippen LogP contribution in [0, 0.1) is 0 Å². The Balaban J connectivity index is 1.35. The number of amides is 4. The molecule has 2 fully saturated rings. The molecule has 3 aromatic rings. The van der Waals surface area contributed by atoms with Crippen molar-refractivity contribution in [1.29, 1.82) is 0 Å². The maximum absolute atomic E-state index is 12.8. The van der Waals surface area contributed by atoms with Crippen molar-refractivity contribution >= 4 is 50.7 Å². The average molecular weight is 427 g/mol. The van der Waals surface area contributed by atoms with Crippen LogP contribution in [-0.2, 0) is 16.1 Å². The lowest BCUT2D eigenvalue weighted by atomic mass is 10.2. The molecule has 0 N–H and O–H groups in total. The van der Waals surface area contributed by atoms with Gasteiger partial charge in [0.2, 0.25) is 0 Å². The van der Waals surface area contributed by atoms with E-state index < -0.39 is 17.8 Å². The van der Waals surface area contributed by atoms with Crippen molar-refractivity contribution in [3.63, 3.8) is 0 Å². The molecule has 2 aromatic heterocycles. The first-order valence-corrected chi connectivity index (χ1v) is 11.1. The second-order valence-electron chi connectivity index (χ2n) is 7.12. The highest BCUT2D eigenvalue weighted by Gasteiger charge is 2.46. The molecule has 0 bridgehead atoms.